The normalized spacial score (nSPS) is 11.9. The van der Waals surface area contributed by atoms with Gasteiger partial charge >= 0.3 is 0 Å². The van der Waals surface area contributed by atoms with Crippen LogP contribution in [-0.4, -0.2) is 34.5 Å². The number of benzene rings is 12. The fraction of sp³-hybridized carbons (Fsp3) is 0.0127. The average Bonchev–Trinajstić information content (AvgIpc) is 1.63. The van der Waals surface area contributed by atoms with Crippen LogP contribution >= 0.6 is 15.9 Å². The van der Waals surface area contributed by atoms with Gasteiger partial charge in [-0.1, -0.05) is 216 Å². The number of hydrogen-bond acceptors (Lipinski definition) is 10. The highest BCUT2D eigenvalue weighted by Crippen LogP contribution is 2.51. The second-order valence-electron chi connectivity index (χ2n) is 21.9. The van der Waals surface area contributed by atoms with Crippen LogP contribution in [0, 0.1) is 0 Å². The van der Waals surface area contributed by atoms with Crippen LogP contribution in [0.15, 0.2) is 296 Å². The van der Waals surface area contributed by atoms with Crippen LogP contribution in [0.5, 0.6) is 46.0 Å². The second kappa shape index (κ2) is 23.7. The smallest absolute Gasteiger partial charge is 0.172 e. The lowest BCUT2D eigenvalue weighted by atomic mass is 10.0. The van der Waals surface area contributed by atoms with Crippen molar-refractivity contribution in [2.75, 3.05) is 0 Å². The molecule has 12 heteroatoms. The van der Waals surface area contributed by atoms with Gasteiger partial charge in [-0.3, -0.25) is 0 Å². The third-order valence-corrected chi connectivity index (χ3v) is 16.6. The number of fused-ring (bicyclic) bond motifs is 10. The minimum absolute atomic E-state index is 0.620. The Morgan fingerprint density at radius 1 is 0.264 bits per heavy atom. The lowest BCUT2D eigenvalue weighted by molar-refractivity contribution is 0.359. The molecule has 0 spiro atoms. The molecular weight excluding hydrogens is 1190 g/mol. The summed E-state index contributed by atoms with van der Waals surface area (Å²) in [5, 5.41) is 2.23. The largest absolute Gasteiger partial charge is 0.450 e. The van der Waals surface area contributed by atoms with Crippen LogP contribution in [0.3, 0.4) is 0 Å². The number of aromatic nitrogens is 7. The first-order chi connectivity index (χ1) is 45.0. The van der Waals surface area contributed by atoms with E-state index in [0.717, 1.165) is 94.8 Å². The predicted octanol–water partition coefficient (Wildman–Crippen LogP) is 20.7. The van der Waals surface area contributed by atoms with Crippen LogP contribution < -0.4 is 18.9 Å². The van der Waals surface area contributed by atoms with Crippen LogP contribution in [0.4, 0.5) is 0 Å². The van der Waals surface area contributed by atoms with Crippen molar-refractivity contribution in [3.63, 3.8) is 0 Å². The summed E-state index contributed by atoms with van der Waals surface area (Å²) in [6.45, 7) is 0. The minimum atomic E-state index is 0.620. The van der Waals surface area contributed by atoms with Crippen LogP contribution in [0.2, 0.25) is 0 Å². The first kappa shape index (κ1) is 54.5. The van der Waals surface area contributed by atoms with Gasteiger partial charge in [0.25, 0.3) is 0 Å². The topological polar surface area (TPSA) is 119 Å². The molecule has 0 saturated heterocycles. The fourth-order valence-electron chi connectivity index (χ4n) is 11.7. The van der Waals surface area contributed by atoms with E-state index < -0.39 is 0 Å². The molecule has 12 aromatic carbocycles. The summed E-state index contributed by atoms with van der Waals surface area (Å²) >= 11 is 3.47. The fourth-order valence-corrected chi connectivity index (χ4v) is 11.9. The number of hydrogen-bond donors (Lipinski definition) is 0. The molecule has 11 nitrogen and oxygen atoms in total. The molecule has 0 amide bonds. The predicted molar refractivity (Wildman–Crippen MR) is 362 cm³/mol. The number of nitrogens with zero attached hydrogens (tertiary/aromatic N) is 7. The Balaban J connectivity index is 0.000000121. The molecule has 0 fully saturated rings. The van der Waals surface area contributed by atoms with Crippen molar-refractivity contribution in [3.05, 3.63) is 307 Å². The Morgan fingerprint density at radius 2 is 0.626 bits per heavy atom. The van der Waals surface area contributed by atoms with Crippen molar-refractivity contribution < 1.29 is 18.9 Å². The molecule has 91 heavy (non-hydrogen) atoms. The average molecular weight is 1240 g/mol. The summed E-state index contributed by atoms with van der Waals surface area (Å²) in [6.07, 6.45) is 0.962. The van der Waals surface area contributed by atoms with Crippen molar-refractivity contribution in [2.24, 2.45) is 0 Å². The third-order valence-electron chi connectivity index (χ3n) is 16.1. The van der Waals surface area contributed by atoms with E-state index in [0.29, 0.717) is 57.9 Å². The second-order valence-corrected chi connectivity index (χ2v) is 22.8. The summed E-state index contributed by atoms with van der Waals surface area (Å²) in [4.78, 5) is 28.7. The molecule has 0 saturated carbocycles. The maximum Gasteiger partial charge on any atom is 0.172 e. The van der Waals surface area contributed by atoms with Gasteiger partial charge in [-0.25, -0.2) is 29.9 Å². The lowest BCUT2D eigenvalue weighted by Crippen LogP contribution is -2.01. The summed E-state index contributed by atoms with van der Waals surface area (Å²) in [7, 11) is 0. The van der Waals surface area contributed by atoms with Gasteiger partial charge in [-0.05, 0) is 114 Å². The van der Waals surface area contributed by atoms with Gasteiger partial charge in [0.05, 0.1) is 11.0 Å². The Kier molecular flexibility index (Phi) is 14.2. The van der Waals surface area contributed by atoms with E-state index in [1.54, 1.807) is 0 Å². The quantitative estimate of drug-likeness (QED) is 0.153. The highest BCUT2D eigenvalue weighted by molar-refractivity contribution is 9.10. The highest BCUT2D eigenvalue weighted by Gasteiger charge is 2.27. The zero-order valence-corrected chi connectivity index (χ0v) is 50.1. The van der Waals surface area contributed by atoms with Crippen molar-refractivity contribution in [2.45, 2.75) is 6.42 Å². The molecule has 18 rings (SSSR count). The molecule has 3 aliphatic rings. The number of halogens is 1. The van der Waals surface area contributed by atoms with Crippen LogP contribution in [-0.2, 0) is 6.42 Å². The maximum absolute atomic E-state index is 6.28. The van der Waals surface area contributed by atoms with E-state index in [4.69, 9.17) is 43.9 Å². The first-order valence-corrected chi connectivity index (χ1v) is 30.6. The standard InChI is InChI=1S/C39H24N4O2.C21H14BrN3.C19H12O2/c1-3-11-25(12-4-1)37-40-38(26-13-5-2-6-14-26)42-39(41-37)27-19-21-28(22-20-27)43-31-16-8-7-15-29(31)30-23-35-36(24-32(30)43)45-34-18-10-9-17-33(34)44-35;22-18-13-11-17(12-14-18)21-24-19(15-7-3-1-4-8-15)23-20(25-21)16-9-5-2-6-10-16;1-2-6-14-12(5-1)9-13-10-18-19(11-15(13)14)21-17-8-4-3-7-16(17)20-18/h1-24H;1-14H;1-8,10-11H,9H2. The molecule has 2 aliphatic heterocycles. The Bertz CT molecular complexity index is 5090. The zero-order chi connectivity index (χ0) is 60.6. The number of para-hydroxylation sites is 5. The third kappa shape index (κ3) is 10.9. The lowest BCUT2D eigenvalue weighted by Gasteiger charge is -2.21. The van der Waals surface area contributed by atoms with Crippen molar-refractivity contribution in [3.8, 4) is 131 Å². The van der Waals surface area contributed by atoms with E-state index >= 15 is 0 Å². The molecule has 0 atom stereocenters. The molecule has 0 bridgehead atoms. The van der Waals surface area contributed by atoms with Crippen molar-refractivity contribution >= 4 is 37.7 Å². The van der Waals surface area contributed by atoms with Gasteiger partial charge in [-0.15, -0.1) is 0 Å². The monoisotopic (exact) mass is 1240 g/mol. The number of rotatable bonds is 7. The van der Waals surface area contributed by atoms with Gasteiger partial charge in [0, 0.05) is 60.4 Å². The number of ether oxygens (including phenoxy) is 4. The van der Waals surface area contributed by atoms with Gasteiger partial charge in [-0.2, -0.15) is 0 Å². The molecule has 3 aromatic heterocycles. The van der Waals surface area contributed by atoms with Crippen LogP contribution in [0.1, 0.15) is 11.1 Å². The van der Waals surface area contributed by atoms with Gasteiger partial charge < -0.3 is 23.5 Å². The molecule has 1 aliphatic carbocycles. The van der Waals surface area contributed by atoms with E-state index in [9.17, 15) is 0 Å². The summed E-state index contributed by atoms with van der Waals surface area (Å²) in [5.41, 5.74) is 14.1. The van der Waals surface area contributed by atoms with Gasteiger partial charge in [0.2, 0.25) is 0 Å². The van der Waals surface area contributed by atoms with E-state index in [2.05, 4.69) is 123 Å². The van der Waals surface area contributed by atoms with Crippen molar-refractivity contribution in [1.82, 2.24) is 34.5 Å². The SMILES string of the molecule is Brc1ccc(-c2nc(-c3ccccc3)nc(-c3ccccc3)n2)cc1.c1ccc(-c2nc(-c3ccccc3)nc(-c3ccc(-n4c5ccccc5c5cc6c(cc54)Oc4ccccc4O6)cc3)n2)cc1.c1ccc2c(c1)Cc1cc3c(cc1-2)Oc1ccccc1O3. The molecule has 0 radical (unpaired) electrons. The van der Waals surface area contributed by atoms with Gasteiger partial charge in [0.15, 0.2) is 80.9 Å². The summed E-state index contributed by atoms with van der Waals surface area (Å²) in [5.74, 6) is 9.88. The first-order valence-electron chi connectivity index (χ1n) is 29.8. The van der Waals surface area contributed by atoms with Crippen molar-refractivity contribution in [1.29, 1.82) is 0 Å². The molecule has 432 valence electrons. The zero-order valence-electron chi connectivity index (χ0n) is 48.6. The molecule has 0 N–H and O–H groups in total. The maximum atomic E-state index is 6.28. The van der Waals surface area contributed by atoms with E-state index in [1.807, 2.05) is 194 Å². The molecule has 0 unspecified atom stereocenters. The molecular formula is C79H50BrN7O4. The van der Waals surface area contributed by atoms with E-state index in [-0.39, 0.29) is 0 Å². The Morgan fingerprint density at radius 3 is 1.10 bits per heavy atom. The van der Waals surface area contributed by atoms with Gasteiger partial charge in [0.1, 0.15) is 0 Å². The minimum Gasteiger partial charge on any atom is -0.450 e. The highest BCUT2D eigenvalue weighted by atomic mass is 79.9. The molecule has 15 aromatic rings. The Hall–Kier alpha value is -11.9. The van der Waals surface area contributed by atoms with E-state index in [1.165, 1.54) is 22.3 Å². The van der Waals surface area contributed by atoms with Crippen LogP contribution in [0.25, 0.3) is 107 Å². The summed E-state index contributed by atoms with van der Waals surface area (Å²) < 4.78 is 27.8. The Labute approximate surface area is 532 Å². The summed E-state index contributed by atoms with van der Waals surface area (Å²) in [6, 6.07) is 97.2. The molecule has 5 heterocycles.